The number of hydrogen-bond acceptors (Lipinski definition) is 3. The van der Waals surface area contributed by atoms with Crippen molar-refractivity contribution in [3.8, 4) is 0 Å². The predicted molar refractivity (Wildman–Crippen MR) is 72.5 cm³/mol. The Bertz CT molecular complexity index is 439. The van der Waals surface area contributed by atoms with Crippen LogP contribution in [0.25, 0.3) is 0 Å². The summed E-state index contributed by atoms with van der Waals surface area (Å²) in [6.07, 6.45) is 3.37. The minimum absolute atomic E-state index is 0.00329. The van der Waals surface area contributed by atoms with Crippen molar-refractivity contribution in [3.63, 3.8) is 0 Å². The van der Waals surface area contributed by atoms with Crippen LogP contribution in [0.1, 0.15) is 30.4 Å². The number of hydrogen-bond donors (Lipinski definition) is 3. The topological polar surface area (TPSA) is 83.5 Å². The zero-order valence-corrected chi connectivity index (χ0v) is 11.0. The van der Waals surface area contributed by atoms with Crippen LogP contribution < -0.4 is 5.73 Å². The Morgan fingerprint density at radius 3 is 2.26 bits per heavy atom. The van der Waals surface area contributed by atoms with E-state index in [2.05, 4.69) is 0 Å². The van der Waals surface area contributed by atoms with E-state index in [4.69, 9.17) is 10.8 Å². The average Bonchev–Trinajstić information content (AvgIpc) is 3.22. The number of aliphatic hydroxyl groups is 1. The van der Waals surface area contributed by atoms with Gasteiger partial charge in [0.1, 0.15) is 0 Å². The first-order valence-corrected chi connectivity index (χ1v) is 6.72. The Morgan fingerprint density at radius 1 is 1.26 bits per heavy atom. The van der Waals surface area contributed by atoms with Crippen molar-refractivity contribution in [2.75, 3.05) is 6.54 Å². The SMILES string of the molecule is NCC(Cc1ccc(CO)cc1)(CC1CC1)C(=O)O. The number of rotatable bonds is 7. The number of nitrogens with two attached hydrogens (primary N) is 1. The molecule has 0 bridgehead atoms. The second-order valence-corrected chi connectivity index (χ2v) is 5.59. The summed E-state index contributed by atoms with van der Waals surface area (Å²) in [5.41, 5.74) is 6.72. The summed E-state index contributed by atoms with van der Waals surface area (Å²) < 4.78 is 0. The van der Waals surface area contributed by atoms with E-state index in [1.54, 1.807) is 0 Å². The Balaban J connectivity index is 2.15. The number of carboxylic acid groups (broad SMARTS) is 1. The zero-order chi connectivity index (χ0) is 13.9. The second-order valence-electron chi connectivity index (χ2n) is 5.59. The van der Waals surface area contributed by atoms with Gasteiger partial charge in [0.05, 0.1) is 12.0 Å². The van der Waals surface area contributed by atoms with Crippen LogP contribution in [-0.2, 0) is 17.8 Å². The number of benzene rings is 1. The third-order valence-corrected chi connectivity index (χ3v) is 3.97. The Morgan fingerprint density at radius 2 is 1.84 bits per heavy atom. The summed E-state index contributed by atoms with van der Waals surface area (Å²) in [5, 5.41) is 18.6. The molecule has 104 valence electrons. The third-order valence-electron chi connectivity index (χ3n) is 3.97. The first-order valence-electron chi connectivity index (χ1n) is 6.72. The van der Waals surface area contributed by atoms with Crippen LogP contribution in [0.15, 0.2) is 24.3 Å². The molecule has 4 N–H and O–H groups in total. The fourth-order valence-electron chi connectivity index (χ4n) is 2.51. The van der Waals surface area contributed by atoms with Crippen LogP contribution in [0.3, 0.4) is 0 Å². The molecule has 0 heterocycles. The van der Waals surface area contributed by atoms with Crippen molar-refractivity contribution < 1.29 is 15.0 Å². The highest BCUT2D eigenvalue weighted by Crippen LogP contribution is 2.41. The molecule has 1 fully saturated rings. The van der Waals surface area contributed by atoms with Gasteiger partial charge in [-0.05, 0) is 29.9 Å². The summed E-state index contributed by atoms with van der Waals surface area (Å²) in [4.78, 5) is 11.6. The summed E-state index contributed by atoms with van der Waals surface area (Å²) >= 11 is 0. The van der Waals surface area contributed by atoms with Crippen molar-refractivity contribution in [2.24, 2.45) is 17.1 Å². The second kappa shape index (κ2) is 5.72. The molecule has 1 unspecified atom stereocenters. The fourth-order valence-corrected chi connectivity index (χ4v) is 2.51. The third kappa shape index (κ3) is 3.33. The molecule has 0 aromatic heterocycles. The molecule has 0 radical (unpaired) electrons. The van der Waals surface area contributed by atoms with E-state index >= 15 is 0 Å². The standard InChI is InChI=1S/C15H21NO3/c16-10-15(14(18)19,7-11-1-2-11)8-12-3-5-13(9-17)6-4-12/h3-6,11,17H,1-2,7-10,16H2,(H,18,19). The molecule has 0 aliphatic heterocycles. The highest BCUT2D eigenvalue weighted by molar-refractivity contribution is 5.75. The number of carbonyl (C=O) groups is 1. The molecule has 1 saturated carbocycles. The van der Waals surface area contributed by atoms with E-state index in [0.717, 1.165) is 24.0 Å². The maximum atomic E-state index is 11.6. The van der Waals surface area contributed by atoms with E-state index in [-0.39, 0.29) is 13.2 Å². The zero-order valence-electron chi connectivity index (χ0n) is 11.0. The number of aliphatic hydroxyl groups excluding tert-OH is 1. The molecular weight excluding hydrogens is 242 g/mol. The summed E-state index contributed by atoms with van der Waals surface area (Å²) in [5.74, 6) is -0.274. The van der Waals surface area contributed by atoms with Crippen molar-refractivity contribution in [1.82, 2.24) is 0 Å². The van der Waals surface area contributed by atoms with E-state index in [1.807, 2.05) is 24.3 Å². The summed E-state index contributed by atoms with van der Waals surface area (Å²) in [6.45, 7) is 0.171. The first-order chi connectivity index (χ1) is 9.09. The maximum absolute atomic E-state index is 11.6. The number of carboxylic acids is 1. The van der Waals surface area contributed by atoms with Crippen LogP contribution in [0.5, 0.6) is 0 Å². The summed E-state index contributed by atoms with van der Waals surface area (Å²) in [6, 6.07) is 7.42. The van der Waals surface area contributed by atoms with Crippen molar-refractivity contribution >= 4 is 5.97 Å². The van der Waals surface area contributed by atoms with Gasteiger partial charge < -0.3 is 15.9 Å². The lowest BCUT2D eigenvalue weighted by molar-refractivity contribution is -0.149. The van der Waals surface area contributed by atoms with Gasteiger partial charge in [0.2, 0.25) is 0 Å². The van der Waals surface area contributed by atoms with Gasteiger partial charge in [0.25, 0.3) is 0 Å². The van der Waals surface area contributed by atoms with Crippen molar-refractivity contribution in [1.29, 1.82) is 0 Å². The highest BCUT2D eigenvalue weighted by Gasteiger charge is 2.42. The smallest absolute Gasteiger partial charge is 0.311 e. The van der Waals surface area contributed by atoms with Crippen molar-refractivity contribution in [3.05, 3.63) is 35.4 Å². The molecule has 0 saturated heterocycles. The highest BCUT2D eigenvalue weighted by atomic mass is 16.4. The summed E-state index contributed by atoms with van der Waals surface area (Å²) in [7, 11) is 0. The molecule has 0 amide bonds. The van der Waals surface area contributed by atoms with Gasteiger partial charge in [-0.3, -0.25) is 4.79 Å². The first kappa shape index (κ1) is 14.0. The van der Waals surface area contributed by atoms with Crippen LogP contribution in [0.2, 0.25) is 0 Å². The molecule has 4 heteroatoms. The molecule has 0 spiro atoms. The van der Waals surface area contributed by atoms with Gasteiger partial charge in [-0.1, -0.05) is 37.1 Å². The lowest BCUT2D eigenvalue weighted by Crippen LogP contribution is -2.41. The molecule has 4 nitrogen and oxygen atoms in total. The lowest BCUT2D eigenvalue weighted by Gasteiger charge is -2.28. The van der Waals surface area contributed by atoms with Gasteiger partial charge in [-0.2, -0.15) is 0 Å². The molecule has 19 heavy (non-hydrogen) atoms. The monoisotopic (exact) mass is 263 g/mol. The van der Waals surface area contributed by atoms with Gasteiger partial charge >= 0.3 is 5.97 Å². The van der Waals surface area contributed by atoms with Crippen molar-refractivity contribution in [2.45, 2.75) is 32.3 Å². The molecule has 1 aliphatic rings. The van der Waals surface area contributed by atoms with Gasteiger partial charge in [-0.25, -0.2) is 0 Å². The average molecular weight is 263 g/mol. The van der Waals surface area contributed by atoms with Crippen LogP contribution >= 0.6 is 0 Å². The van der Waals surface area contributed by atoms with Crippen LogP contribution in [-0.4, -0.2) is 22.7 Å². The van der Waals surface area contributed by atoms with Crippen LogP contribution in [0.4, 0.5) is 0 Å². The lowest BCUT2D eigenvalue weighted by atomic mass is 9.77. The van der Waals surface area contributed by atoms with E-state index < -0.39 is 11.4 Å². The van der Waals surface area contributed by atoms with E-state index in [0.29, 0.717) is 18.8 Å². The minimum atomic E-state index is -0.845. The quantitative estimate of drug-likeness (QED) is 0.697. The molecule has 1 aromatic rings. The normalized spacial score (nSPS) is 18.0. The van der Waals surface area contributed by atoms with Gasteiger partial charge in [0.15, 0.2) is 0 Å². The van der Waals surface area contributed by atoms with Gasteiger partial charge in [-0.15, -0.1) is 0 Å². The van der Waals surface area contributed by atoms with E-state index in [9.17, 15) is 9.90 Å². The number of aliphatic carboxylic acids is 1. The van der Waals surface area contributed by atoms with E-state index in [1.165, 1.54) is 0 Å². The Labute approximate surface area is 113 Å². The molecule has 1 atom stereocenters. The molecular formula is C15H21NO3. The fraction of sp³-hybridized carbons (Fsp3) is 0.533. The Hall–Kier alpha value is -1.39. The largest absolute Gasteiger partial charge is 0.481 e. The molecule has 1 aliphatic carbocycles. The minimum Gasteiger partial charge on any atom is -0.481 e. The maximum Gasteiger partial charge on any atom is 0.311 e. The Kier molecular flexibility index (Phi) is 4.22. The molecule has 2 rings (SSSR count). The predicted octanol–water partition coefficient (Wildman–Crippen LogP) is 1.55. The van der Waals surface area contributed by atoms with Crippen LogP contribution in [0, 0.1) is 11.3 Å². The molecule has 1 aromatic carbocycles. The van der Waals surface area contributed by atoms with Gasteiger partial charge in [0, 0.05) is 6.54 Å².